The van der Waals surface area contributed by atoms with E-state index in [1.54, 1.807) is 0 Å². The van der Waals surface area contributed by atoms with Crippen molar-refractivity contribution in [2.45, 2.75) is 19.7 Å². The molecule has 2 aromatic carbocycles. The summed E-state index contributed by atoms with van der Waals surface area (Å²) < 4.78 is 2.14. The van der Waals surface area contributed by atoms with Crippen LogP contribution in [0, 0.1) is 0 Å². The van der Waals surface area contributed by atoms with Crippen LogP contribution in [0.2, 0.25) is 0 Å². The van der Waals surface area contributed by atoms with Crippen molar-refractivity contribution in [1.29, 1.82) is 0 Å². The van der Waals surface area contributed by atoms with Gasteiger partial charge in [0.15, 0.2) is 0 Å². The number of imidazole rings is 1. The van der Waals surface area contributed by atoms with Crippen molar-refractivity contribution >= 4 is 16.7 Å². The number of nitrogens with zero attached hydrogens (tertiary/aromatic N) is 4. The van der Waals surface area contributed by atoms with Gasteiger partial charge in [-0.2, -0.15) is 0 Å². The molecule has 1 N–H and O–H groups in total. The maximum absolute atomic E-state index is 9.81. The Hall–Kier alpha value is -3.18. The van der Waals surface area contributed by atoms with Gasteiger partial charge in [0.25, 0.3) is 0 Å². The lowest BCUT2D eigenvalue weighted by atomic mass is 10.1. The van der Waals surface area contributed by atoms with Gasteiger partial charge in [0, 0.05) is 36.9 Å². The van der Waals surface area contributed by atoms with Crippen molar-refractivity contribution in [2.24, 2.45) is 0 Å². The SMILES string of the molecule is CN(Cc1nccn1Cc1ccccc1)c1nc2ccccc2cc1CO. The molecule has 0 fully saturated rings. The number of pyridine rings is 1. The summed E-state index contributed by atoms with van der Waals surface area (Å²) in [6, 6.07) is 20.3. The summed E-state index contributed by atoms with van der Waals surface area (Å²) in [6.07, 6.45) is 3.82. The third-order valence-electron chi connectivity index (χ3n) is 4.69. The molecule has 0 saturated heterocycles. The molecule has 0 unspecified atom stereocenters. The number of fused-ring (bicyclic) bond motifs is 1. The normalized spacial score (nSPS) is 11.0. The average Bonchev–Trinajstić information content (AvgIpc) is 3.14. The highest BCUT2D eigenvalue weighted by atomic mass is 16.3. The molecule has 5 nitrogen and oxygen atoms in total. The van der Waals surface area contributed by atoms with Crippen molar-refractivity contribution in [3.05, 3.63) is 90.0 Å². The smallest absolute Gasteiger partial charge is 0.134 e. The number of anilines is 1. The predicted octanol–water partition coefficient (Wildman–Crippen LogP) is 3.61. The van der Waals surface area contributed by atoms with E-state index in [9.17, 15) is 5.11 Å². The van der Waals surface area contributed by atoms with Crippen LogP contribution in [0.15, 0.2) is 73.1 Å². The fourth-order valence-electron chi connectivity index (χ4n) is 3.30. The highest BCUT2D eigenvalue weighted by molar-refractivity contribution is 5.81. The van der Waals surface area contributed by atoms with Crippen LogP contribution in [0.1, 0.15) is 17.0 Å². The first-order valence-electron chi connectivity index (χ1n) is 8.99. The van der Waals surface area contributed by atoms with Crippen LogP contribution < -0.4 is 4.90 Å². The summed E-state index contributed by atoms with van der Waals surface area (Å²) in [5.41, 5.74) is 2.97. The van der Waals surface area contributed by atoms with Crippen molar-refractivity contribution in [2.75, 3.05) is 11.9 Å². The average molecular weight is 358 g/mol. The van der Waals surface area contributed by atoms with E-state index in [1.807, 2.05) is 72.9 Å². The minimum absolute atomic E-state index is 0.0457. The maximum atomic E-state index is 9.81. The zero-order chi connectivity index (χ0) is 18.6. The van der Waals surface area contributed by atoms with Crippen molar-refractivity contribution in [1.82, 2.24) is 14.5 Å². The first kappa shape index (κ1) is 17.2. The molecule has 0 aliphatic heterocycles. The van der Waals surface area contributed by atoms with Gasteiger partial charge in [0.05, 0.1) is 18.7 Å². The summed E-state index contributed by atoms with van der Waals surface area (Å²) in [5.74, 6) is 1.74. The molecule has 27 heavy (non-hydrogen) atoms. The molecule has 0 radical (unpaired) electrons. The van der Waals surface area contributed by atoms with E-state index in [-0.39, 0.29) is 6.61 Å². The Morgan fingerprint density at radius 1 is 1.04 bits per heavy atom. The van der Waals surface area contributed by atoms with Gasteiger partial charge in [-0.15, -0.1) is 0 Å². The zero-order valence-electron chi connectivity index (χ0n) is 15.3. The molecular weight excluding hydrogens is 336 g/mol. The molecular formula is C22H22N4O. The van der Waals surface area contributed by atoms with Gasteiger partial charge in [0.2, 0.25) is 0 Å². The monoisotopic (exact) mass is 358 g/mol. The number of hydrogen-bond donors (Lipinski definition) is 1. The van der Waals surface area contributed by atoms with E-state index in [0.29, 0.717) is 6.54 Å². The fraction of sp³-hybridized carbons (Fsp3) is 0.182. The Balaban J connectivity index is 1.61. The minimum Gasteiger partial charge on any atom is -0.392 e. The van der Waals surface area contributed by atoms with E-state index in [2.05, 4.69) is 21.7 Å². The van der Waals surface area contributed by atoms with E-state index >= 15 is 0 Å². The summed E-state index contributed by atoms with van der Waals surface area (Å²) in [5, 5.41) is 10.8. The van der Waals surface area contributed by atoms with Crippen LogP contribution >= 0.6 is 0 Å². The standard InChI is InChI=1S/C22H22N4O/c1-25(22-19(16-27)13-18-9-5-6-10-20(18)24-22)15-21-23-11-12-26(21)14-17-7-3-2-4-8-17/h2-13,27H,14-16H2,1H3. The number of aliphatic hydroxyl groups excluding tert-OH is 1. The van der Waals surface area contributed by atoms with Gasteiger partial charge >= 0.3 is 0 Å². The van der Waals surface area contributed by atoms with E-state index in [0.717, 1.165) is 34.7 Å². The van der Waals surface area contributed by atoms with Gasteiger partial charge < -0.3 is 14.6 Å². The Bertz CT molecular complexity index is 1040. The Kier molecular flexibility index (Phi) is 4.85. The Morgan fingerprint density at radius 2 is 1.81 bits per heavy atom. The molecule has 4 rings (SSSR count). The quantitative estimate of drug-likeness (QED) is 0.572. The topological polar surface area (TPSA) is 54.2 Å². The van der Waals surface area contributed by atoms with Crippen LogP contribution in [0.3, 0.4) is 0 Å². The van der Waals surface area contributed by atoms with Gasteiger partial charge in [-0.25, -0.2) is 9.97 Å². The molecule has 0 spiro atoms. The summed E-state index contributed by atoms with van der Waals surface area (Å²) >= 11 is 0. The fourth-order valence-corrected chi connectivity index (χ4v) is 3.30. The second kappa shape index (κ2) is 7.60. The first-order chi connectivity index (χ1) is 13.2. The molecule has 5 heteroatoms. The summed E-state index contributed by atoms with van der Waals surface area (Å²) in [7, 11) is 1.98. The molecule has 2 heterocycles. The van der Waals surface area contributed by atoms with Gasteiger partial charge in [-0.05, 0) is 17.7 Å². The maximum Gasteiger partial charge on any atom is 0.134 e. The van der Waals surface area contributed by atoms with Crippen LogP contribution in [-0.4, -0.2) is 26.7 Å². The molecule has 4 aromatic rings. The van der Waals surface area contributed by atoms with Gasteiger partial charge in [0.1, 0.15) is 11.6 Å². The number of hydrogen-bond acceptors (Lipinski definition) is 4. The molecule has 0 saturated carbocycles. The lowest BCUT2D eigenvalue weighted by Crippen LogP contribution is -2.22. The second-order valence-corrected chi connectivity index (χ2v) is 6.63. The van der Waals surface area contributed by atoms with E-state index in [1.165, 1.54) is 5.56 Å². The number of para-hydroxylation sites is 1. The Morgan fingerprint density at radius 3 is 2.63 bits per heavy atom. The molecule has 2 aromatic heterocycles. The van der Waals surface area contributed by atoms with Crippen LogP contribution in [0.25, 0.3) is 10.9 Å². The minimum atomic E-state index is -0.0457. The molecule has 0 bridgehead atoms. The molecule has 0 aliphatic rings. The molecule has 0 amide bonds. The third kappa shape index (κ3) is 3.68. The number of aliphatic hydroxyl groups is 1. The highest BCUT2D eigenvalue weighted by Crippen LogP contribution is 2.24. The number of benzene rings is 2. The largest absolute Gasteiger partial charge is 0.392 e. The third-order valence-corrected chi connectivity index (χ3v) is 4.69. The van der Waals surface area contributed by atoms with Crippen molar-refractivity contribution < 1.29 is 5.11 Å². The van der Waals surface area contributed by atoms with Crippen LogP contribution in [0.5, 0.6) is 0 Å². The van der Waals surface area contributed by atoms with Crippen LogP contribution in [-0.2, 0) is 19.7 Å². The first-order valence-corrected chi connectivity index (χ1v) is 8.99. The number of rotatable bonds is 6. The van der Waals surface area contributed by atoms with E-state index in [4.69, 9.17) is 4.98 Å². The summed E-state index contributed by atoms with van der Waals surface area (Å²) in [4.78, 5) is 11.3. The molecule has 0 aliphatic carbocycles. The van der Waals surface area contributed by atoms with Gasteiger partial charge in [-0.1, -0.05) is 48.5 Å². The zero-order valence-corrected chi connectivity index (χ0v) is 15.3. The molecule has 136 valence electrons. The lowest BCUT2D eigenvalue weighted by molar-refractivity contribution is 0.282. The lowest BCUT2D eigenvalue weighted by Gasteiger charge is -2.21. The Labute approximate surface area is 158 Å². The van der Waals surface area contributed by atoms with Crippen molar-refractivity contribution in [3.8, 4) is 0 Å². The van der Waals surface area contributed by atoms with Crippen LogP contribution in [0.4, 0.5) is 5.82 Å². The second-order valence-electron chi connectivity index (χ2n) is 6.63. The predicted molar refractivity (Wildman–Crippen MR) is 108 cm³/mol. The van der Waals surface area contributed by atoms with Gasteiger partial charge in [-0.3, -0.25) is 0 Å². The van der Waals surface area contributed by atoms with E-state index < -0.39 is 0 Å². The summed E-state index contributed by atoms with van der Waals surface area (Å²) in [6.45, 7) is 1.34. The molecule has 0 atom stereocenters. The highest BCUT2D eigenvalue weighted by Gasteiger charge is 2.14. The van der Waals surface area contributed by atoms with Crippen molar-refractivity contribution in [3.63, 3.8) is 0 Å². The number of aromatic nitrogens is 3.